The van der Waals surface area contributed by atoms with Crippen molar-refractivity contribution in [3.05, 3.63) is 0 Å². The number of amides is 1. The van der Waals surface area contributed by atoms with E-state index in [1.54, 1.807) is 0 Å². The fourth-order valence-electron chi connectivity index (χ4n) is 0.985. The number of aliphatic hydroxyl groups is 4. The molecular formula is C8H15NO6. The van der Waals surface area contributed by atoms with E-state index < -0.39 is 36.9 Å². The maximum Gasteiger partial charge on any atom is 0.221 e. The second-order valence-electron chi connectivity index (χ2n) is 3.21. The van der Waals surface area contributed by atoms with Crippen LogP contribution in [-0.2, 0) is 9.59 Å². The van der Waals surface area contributed by atoms with Crippen molar-refractivity contribution < 1.29 is 30.0 Å². The van der Waals surface area contributed by atoms with Gasteiger partial charge >= 0.3 is 0 Å². The summed E-state index contributed by atoms with van der Waals surface area (Å²) in [5, 5.41) is 38.1. The Labute approximate surface area is 86.3 Å². The van der Waals surface area contributed by atoms with Crippen LogP contribution < -0.4 is 5.32 Å². The summed E-state index contributed by atoms with van der Waals surface area (Å²) in [6.07, 6.45) is -3.45. The molecule has 0 aliphatic heterocycles. The van der Waals surface area contributed by atoms with E-state index in [0.29, 0.717) is 0 Å². The summed E-state index contributed by atoms with van der Waals surface area (Å²) in [6.45, 7) is 0.440. The maximum absolute atomic E-state index is 10.6. The highest BCUT2D eigenvalue weighted by Gasteiger charge is 2.37. The van der Waals surface area contributed by atoms with Crippen molar-refractivity contribution in [1.82, 2.24) is 5.32 Å². The van der Waals surface area contributed by atoms with E-state index in [1.807, 2.05) is 5.32 Å². The van der Waals surface area contributed by atoms with Gasteiger partial charge in [0.25, 0.3) is 0 Å². The van der Waals surface area contributed by atoms with Crippen LogP contribution in [0.3, 0.4) is 0 Å². The number of hydrogen-bond acceptors (Lipinski definition) is 6. The van der Waals surface area contributed by atoms with E-state index in [-0.39, 0.29) is 6.29 Å². The first-order valence-electron chi connectivity index (χ1n) is 4.30. The van der Waals surface area contributed by atoms with E-state index in [0.717, 1.165) is 6.92 Å². The summed E-state index contributed by atoms with van der Waals surface area (Å²) >= 11 is 0. The summed E-state index contributed by atoms with van der Waals surface area (Å²) in [7, 11) is 0. The van der Waals surface area contributed by atoms with Gasteiger partial charge in [-0.3, -0.25) is 9.59 Å². The molecule has 0 bridgehead atoms. The van der Waals surface area contributed by atoms with Crippen molar-refractivity contribution in [2.24, 2.45) is 0 Å². The Morgan fingerprint density at radius 2 is 2.07 bits per heavy atom. The molecule has 0 aromatic carbocycles. The average Bonchev–Trinajstić information content (AvgIpc) is 2.16. The first-order chi connectivity index (χ1) is 6.85. The SMILES string of the molecule is CC(=O)N[C@](O)(C=O)[C@@H](O)C[C@H](O)CO. The van der Waals surface area contributed by atoms with E-state index in [4.69, 9.17) is 10.2 Å². The summed E-state index contributed by atoms with van der Waals surface area (Å²) in [5.41, 5.74) is -2.44. The molecule has 0 aliphatic rings. The molecule has 0 radical (unpaired) electrons. The third-order valence-corrected chi connectivity index (χ3v) is 1.77. The van der Waals surface area contributed by atoms with Gasteiger partial charge in [0.1, 0.15) is 6.10 Å². The van der Waals surface area contributed by atoms with E-state index in [1.165, 1.54) is 0 Å². The van der Waals surface area contributed by atoms with Crippen LogP contribution in [0.5, 0.6) is 0 Å². The molecule has 0 unspecified atom stereocenters. The van der Waals surface area contributed by atoms with Crippen LogP contribution >= 0.6 is 0 Å². The minimum atomic E-state index is -2.44. The molecule has 0 saturated heterocycles. The quantitative estimate of drug-likeness (QED) is 0.242. The van der Waals surface area contributed by atoms with Gasteiger partial charge < -0.3 is 25.7 Å². The van der Waals surface area contributed by atoms with Gasteiger partial charge in [0.15, 0.2) is 6.29 Å². The minimum Gasteiger partial charge on any atom is -0.394 e. The number of carbonyl (C=O) groups is 2. The third kappa shape index (κ3) is 4.34. The standard InChI is InChI=1S/C8H15NO6/c1-5(12)9-8(15,4-11)7(14)2-6(13)3-10/h4,6-7,10,13-15H,2-3H2,1H3,(H,9,12)/t6-,7-,8-/m0/s1. The fourth-order valence-corrected chi connectivity index (χ4v) is 0.985. The van der Waals surface area contributed by atoms with Crippen molar-refractivity contribution in [1.29, 1.82) is 0 Å². The molecule has 3 atom stereocenters. The van der Waals surface area contributed by atoms with Gasteiger partial charge in [-0.15, -0.1) is 0 Å². The van der Waals surface area contributed by atoms with Crippen LogP contribution in [0.15, 0.2) is 0 Å². The van der Waals surface area contributed by atoms with Gasteiger partial charge in [0.05, 0.1) is 12.7 Å². The Morgan fingerprint density at radius 1 is 1.53 bits per heavy atom. The maximum atomic E-state index is 10.6. The van der Waals surface area contributed by atoms with Crippen LogP contribution in [-0.4, -0.2) is 57.2 Å². The molecule has 0 rings (SSSR count). The topological polar surface area (TPSA) is 127 Å². The summed E-state index contributed by atoms with van der Waals surface area (Å²) in [6, 6.07) is 0. The van der Waals surface area contributed by atoms with Crippen molar-refractivity contribution in [2.75, 3.05) is 6.61 Å². The highest BCUT2D eigenvalue weighted by Crippen LogP contribution is 2.10. The van der Waals surface area contributed by atoms with E-state index >= 15 is 0 Å². The lowest BCUT2D eigenvalue weighted by Crippen LogP contribution is -2.58. The zero-order chi connectivity index (χ0) is 12.1. The Balaban J connectivity index is 4.49. The predicted octanol–water partition coefficient (Wildman–Crippen LogP) is -2.89. The van der Waals surface area contributed by atoms with Crippen LogP contribution in [0.25, 0.3) is 0 Å². The number of nitrogens with one attached hydrogen (secondary N) is 1. The largest absolute Gasteiger partial charge is 0.394 e. The van der Waals surface area contributed by atoms with Crippen LogP contribution in [0.2, 0.25) is 0 Å². The number of rotatable bonds is 6. The van der Waals surface area contributed by atoms with Crippen molar-refractivity contribution in [3.63, 3.8) is 0 Å². The Hall–Kier alpha value is -1.02. The molecular weight excluding hydrogens is 206 g/mol. The minimum absolute atomic E-state index is 0.0385. The summed E-state index contributed by atoms with van der Waals surface area (Å²) in [5.74, 6) is -0.706. The molecule has 0 aromatic rings. The molecule has 7 nitrogen and oxygen atoms in total. The summed E-state index contributed by atoms with van der Waals surface area (Å²) in [4.78, 5) is 21.1. The van der Waals surface area contributed by atoms with Gasteiger partial charge in [-0.2, -0.15) is 0 Å². The monoisotopic (exact) mass is 221 g/mol. The number of aliphatic hydroxyl groups excluding tert-OH is 3. The molecule has 15 heavy (non-hydrogen) atoms. The Kier molecular flexibility index (Phi) is 5.37. The predicted molar refractivity (Wildman–Crippen MR) is 48.5 cm³/mol. The molecule has 1 amide bonds. The normalized spacial score (nSPS) is 18.7. The van der Waals surface area contributed by atoms with Crippen molar-refractivity contribution >= 4 is 12.2 Å². The van der Waals surface area contributed by atoms with Crippen LogP contribution in [0, 0.1) is 0 Å². The highest BCUT2D eigenvalue weighted by atomic mass is 16.4. The summed E-state index contributed by atoms with van der Waals surface area (Å²) < 4.78 is 0. The van der Waals surface area contributed by atoms with Gasteiger partial charge in [0, 0.05) is 13.3 Å². The lowest BCUT2D eigenvalue weighted by Gasteiger charge is -2.28. The van der Waals surface area contributed by atoms with Crippen LogP contribution in [0.4, 0.5) is 0 Å². The average molecular weight is 221 g/mol. The smallest absolute Gasteiger partial charge is 0.221 e. The van der Waals surface area contributed by atoms with E-state index in [2.05, 4.69) is 0 Å². The molecule has 88 valence electrons. The van der Waals surface area contributed by atoms with Gasteiger partial charge in [-0.1, -0.05) is 0 Å². The van der Waals surface area contributed by atoms with E-state index in [9.17, 15) is 19.8 Å². The van der Waals surface area contributed by atoms with Gasteiger partial charge in [-0.05, 0) is 0 Å². The molecule has 7 heteroatoms. The molecule has 0 spiro atoms. The molecule has 5 N–H and O–H groups in total. The Bertz CT molecular complexity index is 233. The third-order valence-electron chi connectivity index (χ3n) is 1.77. The number of aldehydes is 1. The molecule has 0 fully saturated rings. The molecule has 0 saturated carbocycles. The highest BCUT2D eigenvalue weighted by molar-refractivity contribution is 5.79. The molecule has 0 heterocycles. The first kappa shape index (κ1) is 14.0. The number of carbonyl (C=O) groups excluding carboxylic acids is 2. The van der Waals surface area contributed by atoms with Crippen LogP contribution in [0.1, 0.15) is 13.3 Å². The zero-order valence-corrected chi connectivity index (χ0v) is 8.25. The van der Waals surface area contributed by atoms with Crippen molar-refractivity contribution in [3.8, 4) is 0 Å². The lowest BCUT2D eigenvalue weighted by molar-refractivity contribution is -0.154. The fraction of sp³-hybridized carbons (Fsp3) is 0.750. The molecule has 0 aromatic heterocycles. The Morgan fingerprint density at radius 3 is 2.40 bits per heavy atom. The second-order valence-corrected chi connectivity index (χ2v) is 3.21. The lowest BCUT2D eigenvalue weighted by atomic mass is 10.0. The molecule has 0 aliphatic carbocycles. The second kappa shape index (κ2) is 5.76. The van der Waals surface area contributed by atoms with Gasteiger partial charge in [-0.25, -0.2) is 0 Å². The first-order valence-corrected chi connectivity index (χ1v) is 4.30. The zero-order valence-electron chi connectivity index (χ0n) is 8.25. The number of hydrogen-bond donors (Lipinski definition) is 5. The van der Waals surface area contributed by atoms with Crippen molar-refractivity contribution in [2.45, 2.75) is 31.3 Å². The van der Waals surface area contributed by atoms with Gasteiger partial charge in [0.2, 0.25) is 11.6 Å².